The highest BCUT2D eigenvalue weighted by atomic mass is 32.1. The number of hydrogen-bond acceptors (Lipinski definition) is 6. The van der Waals surface area contributed by atoms with Gasteiger partial charge in [-0.2, -0.15) is 0 Å². The van der Waals surface area contributed by atoms with Gasteiger partial charge in [0.05, 0.1) is 17.4 Å². The normalized spacial score (nSPS) is 11.5. The lowest BCUT2D eigenvalue weighted by Crippen LogP contribution is -2.38. The minimum Gasteiger partial charge on any atom is -0.444 e. The highest BCUT2D eigenvalue weighted by Crippen LogP contribution is 2.20. The number of rotatable bonds is 4. The van der Waals surface area contributed by atoms with Crippen molar-refractivity contribution in [2.75, 3.05) is 32.1 Å². The average Bonchev–Trinajstić information content (AvgIpc) is 2.89. The molecule has 0 fully saturated rings. The second-order valence-corrected chi connectivity index (χ2v) is 7.03. The Bertz CT molecular complexity index is 650. The SMILES string of the molecule is CN(CCN(C)c1cnc2scnc2c1)C(=O)OC(C)(C)C. The lowest BCUT2D eigenvalue weighted by molar-refractivity contribution is 0.0303. The summed E-state index contributed by atoms with van der Waals surface area (Å²) in [7, 11) is 3.71. The van der Waals surface area contributed by atoms with Crippen LogP contribution in [-0.2, 0) is 4.74 Å². The van der Waals surface area contributed by atoms with Crippen LogP contribution in [-0.4, -0.2) is 53.7 Å². The summed E-state index contributed by atoms with van der Waals surface area (Å²) in [5, 5.41) is 0. The number of hydrogen-bond donors (Lipinski definition) is 0. The Morgan fingerprint density at radius 3 is 2.68 bits per heavy atom. The van der Waals surface area contributed by atoms with Gasteiger partial charge in [0.15, 0.2) is 0 Å². The minimum absolute atomic E-state index is 0.311. The van der Waals surface area contributed by atoms with E-state index in [1.165, 1.54) is 11.3 Å². The van der Waals surface area contributed by atoms with Gasteiger partial charge in [-0.15, -0.1) is 11.3 Å². The standard InChI is InChI=1S/C15H22N4O2S/c1-15(2,3)21-14(20)19(5)7-6-18(4)11-8-12-13(16-9-11)22-10-17-12/h8-10H,6-7H2,1-5H3. The minimum atomic E-state index is -0.475. The van der Waals surface area contributed by atoms with Gasteiger partial charge in [-0.1, -0.05) is 0 Å². The molecule has 0 aliphatic carbocycles. The van der Waals surface area contributed by atoms with Gasteiger partial charge in [-0.25, -0.2) is 14.8 Å². The largest absolute Gasteiger partial charge is 0.444 e. The zero-order valence-electron chi connectivity index (χ0n) is 13.7. The highest BCUT2D eigenvalue weighted by Gasteiger charge is 2.19. The molecule has 0 spiro atoms. The molecule has 0 saturated heterocycles. The van der Waals surface area contributed by atoms with Crippen LogP contribution in [0.15, 0.2) is 17.8 Å². The van der Waals surface area contributed by atoms with Crippen molar-refractivity contribution >= 4 is 33.5 Å². The molecule has 1 amide bonds. The van der Waals surface area contributed by atoms with Crippen molar-refractivity contribution in [3.8, 4) is 0 Å². The van der Waals surface area contributed by atoms with Crippen LogP contribution in [0.4, 0.5) is 10.5 Å². The van der Waals surface area contributed by atoms with Crippen molar-refractivity contribution in [1.29, 1.82) is 0 Å². The first-order chi connectivity index (χ1) is 10.3. The summed E-state index contributed by atoms with van der Waals surface area (Å²) in [6.45, 7) is 6.84. The molecular weight excluding hydrogens is 300 g/mol. The zero-order valence-corrected chi connectivity index (χ0v) is 14.5. The predicted octanol–water partition coefficient (Wildman–Crippen LogP) is 2.99. The van der Waals surface area contributed by atoms with Crippen molar-refractivity contribution in [2.45, 2.75) is 26.4 Å². The molecule has 0 bridgehead atoms. The van der Waals surface area contributed by atoms with Crippen LogP contribution in [0.3, 0.4) is 0 Å². The Morgan fingerprint density at radius 2 is 2.00 bits per heavy atom. The summed E-state index contributed by atoms with van der Waals surface area (Å²) in [5.74, 6) is 0. The van der Waals surface area contributed by atoms with E-state index in [2.05, 4.69) is 9.97 Å². The number of pyridine rings is 1. The maximum atomic E-state index is 11.9. The fourth-order valence-corrected chi connectivity index (χ4v) is 2.43. The first kappa shape index (κ1) is 16.5. The fraction of sp³-hybridized carbons (Fsp3) is 0.533. The predicted molar refractivity (Wildman–Crippen MR) is 89.5 cm³/mol. The van der Waals surface area contributed by atoms with Crippen molar-refractivity contribution in [2.24, 2.45) is 0 Å². The van der Waals surface area contributed by atoms with Crippen LogP contribution in [0.2, 0.25) is 0 Å². The van der Waals surface area contributed by atoms with Crippen LogP contribution < -0.4 is 4.90 Å². The number of carbonyl (C=O) groups excluding carboxylic acids is 1. The molecule has 2 aromatic rings. The van der Waals surface area contributed by atoms with Crippen LogP contribution >= 0.6 is 11.3 Å². The van der Waals surface area contributed by atoms with Crippen LogP contribution in [0.25, 0.3) is 10.3 Å². The van der Waals surface area contributed by atoms with Crippen LogP contribution in [0, 0.1) is 0 Å². The molecule has 2 rings (SSSR count). The van der Waals surface area contributed by atoms with E-state index in [0.717, 1.165) is 16.0 Å². The molecule has 22 heavy (non-hydrogen) atoms. The van der Waals surface area contributed by atoms with Crippen molar-refractivity contribution in [3.05, 3.63) is 17.8 Å². The maximum Gasteiger partial charge on any atom is 0.410 e. The number of likely N-dealkylation sites (N-methyl/N-ethyl adjacent to an activating group) is 2. The molecule has 0 radical (unpaired) electrons. The van der Waals surface area contributed by atoms with Gasteiger partial charge in [0, 0.05) is 27.2 Å². The summed E-state index contributed by atoms with van der Waals surface area (Å²) in [6, 6.07) is 2.01. The van der Waals surface area contributed by atoms with E-state index >= 15 is 0 Å². The molecular formula is C15H22N4O2S. The van der Waals surface area contributed by atoms with Crippen molar-refractivity contribution < 1.29 is 9.53 Å². The molecule has 0 N–H and O–H groups in total. The lowest BCUT2D eigenvalue weighted by Gasteiger charge is -2.26. The van der Waals surface area contributed by atoms with E-state index in [9.17, 15) is 4.79 Å². The molecule has 0 aliphatic heterocycles. The maximum absolute atomic E-state index is 11.9. The quantitative estimate of drug-likeness (QED) is 0.866. The third-order valence-electron chi connectivity index (χ3n) is 3.09. The number of anilines is 1. The van der Waals surface area contributed by atoms with Crippen molar-refractivity contribution in [3.63, 3.8) is 0 Å². The number of nitrogens with zero attached hydrogens (tertiary/aromatic N) is 4. The molecule has 0 aliphatic rings. The monoisotopic (exact) mass is 322 g/mol. The second-order valence-electron chi connectivity index (χ2n) is 6.19. The van der Waals surface area contributed by atoms with Gasteiger partial charge in [-0.3, -0.25) is 0 Å². The van der Waals surface area contributed by atoms with Gasteiger partial charge >= 0.3 is 6.09 Å². The third-order valence-corrected chi connectivity index (χ3v) is 3.84. The lowest BCUT2D eigenvalue weighted by atomic mass is 10.2. The Kier molecular flexibility index (Phi) is 4.85. The summed E-state index contributed by atoms with van der Waals surface area (Å²) >= 11 is 1.52. The van der Waals surface area contributed by atoms with Gasteiger partial charge in [0.1, 0.15) is 15.9 Å². The smallest absolute Gasteiger partial charge is 0.410 e. The number of amides is 1. The van der Waals surface area contributed by atoms with E-state index in [0.29, 0.717) is 13.1 Å². The summed E-state index contributed by atoms with van der Waals surface area (Å²) < 4.78 is 5.33. The molecule has 0 saturated carbocycles. The van der Waals surface area contributed by atoms with Gasteiger partial charge < -0.3 is 14.5 Å². The van der Waals surface area contributed by atoms with Gasteiger partial charge in [0.25, 0.3) is 0 Å². The number of ether oxygens (including phenoxy) is 1. The molecule has 0 unspecified atom stereocenters. The zero-order chi connectivity index (χ0) is 16.3. The first-order valence-corrected chi connectivity index (χ1v) is 7.99. The number of aromatic nitrogens is 2. The van der Waals surface area contributed by atoms with Crippen LogP contribution in [0.1, 0.15) is 20.8 Å². The molecule has 0 atom stereocenters. The average molecular weight is 322 g/mol. The van der Waals surface area contributed by atoms with Gasteiger partial charge in [-0.05, 0) is 26.8 Å². The van der Waals surface area contributed by atoms with Crippen LogP contribution in [0.5, 0.6) is 0 Å². The second kappa shape index (κ2) is 6.48. The van der Waals surface area contributed by atoms with E-state index in [1.54, 1.807) is 17.5 Å². The van der Waals surface area contributed by atoms with Crippen molar-refractivity contribution in [1.82, 2.24) is 14.9 Å². The highest BCUT2D eigenvalue weighted by molar-refractivity contribution is 7.16. The summed E-state index contributed by atoms with van der Waals surface area (Å²) in [4.78, 5) is 25.1. The Hall–Kier alpha value is -1.89. The topological polar surface area (TPSA) is 58.6 Å². The van der Waals surface area contributed by atoms with E-state index < -0.39 is 5.60 Å². The Morgan fingerprint density at radius 1 is 1.27 bits per heavy atom. The number of thiazole rings is 1. The summed E-state index contributed by atoms with van der Waals surface area (Å²) in [5.41, 5.74) is 3.19. The Balaban J connectivity index is 1.91. The van der Waals surface area contributed by atoms with E-state index in [4.69, 9.17) is 4.74 Å². The molecule has 6 nitrogen and oxygen atoms in total. The van der Waals surface area contributed by atoms with Gasteiger partial charge in [0.2, 0.25) is 0 Å². The Labute approximate surface area is 134 Å². The molecule has 120 valence electrons. The molecule has 7 heteroatoms. The molecule has 2 aromatic heterocycles. The third kappa shape index (κ3) is 4.30. The molecule has 2 heterocycles. The number of fused-ring (bicyclic) bond motifs is 1. The molecule has 0 aromatic carbocycles. The van der Waals surface area contributed by atoms with E-state index in [-0.39, 0.29) is 6.09 Å². The first-order valence-electron chi connectivity index (χ1n) is 7.11. The number of carbonyl (C=O) groups is 1. The summed E-state index contributed by atoms with van der Waals surface area (Å²) in [6.07, 6.45) is 1.52. The van der Waals surface area contributed by atoms with E-state index in [1.807, 2.05) is 45.0 Å². The fourth-order valence-electron chi connectivity index (χ4n) is 1.82.